The van der Waals surface area contributed by atoms with Crippen LogP contribution in [0.15, 0.2) is 59.6 Å². The number of hydrogen-bond acceptors (Lipinski definition) is 5. The van der Waals surface area contributed by atoms with E-state index in [1.165, 1.54) is 5.56 Å². The molecule has 2 aliphatic rings. The van der Waals surface area contributed by atoms with Gasteiger partial charge in [-0.3, -0.25) is 19.8 Å². The van der Waals surface area contributed by atoms with Gasteiger partial charge in [0.05, 0.1) is 6.54 Å². The van der Waals surface area contributed by atoms with E-state index in [0.29, 0.717) is 36.8 Å². The molecule has 2 aromatic rings. The molecule has 1 unspecified atom stereocenters. The second-order valence-corrected chi connectivity index (χ2v) is 9.70. The first-order chi connectivity index (χ1) is 18.0. The summed E-state index contributed by atoms with van der Waals surface area (Å²) >= 11 is 5.95. The van der Waals surface area contributed by atoms with Crippen LogP contribution >= 0.6 is 11.6 Å². The Bertz CT molecular complexity index is 1130. The van der Waals surface area contributed by atoms with Gasteiger partial charge in [0.25, 0.3) is 0 Å². The van der Waals surface area contributed by atoms with Crippen LogP contribution in [0.5, 0.6) is 0 Å². The topological polar surface area (TPSA) is 104 Å². The molecule has 1 atom stereocenters. The zero-order valence-electron chi connectivity index (χ0n) is 20.8. The molecule has 0 aromatic heterocycles. The third-order valence-electron chi connectivity index (χ3n) is 6.62. The predicted molar refractivity (Wildman–Crippen MR) is 144 cm³/mol. The number of guanidine groups is 1. The third kappa shape index (κ3) is 7.68. The fourth-order valence-corrected chi connectivity index (χ4v) is 4.72. The Labute approximate surface area is 222 Å². The molecule has 0 radical (unpaired) electrons. The number of hydrogen-bond donors (Lipinski definition) is 2. The van der Waals surface area contributed by atoms with Crippen LogP contribution in [0, 0.1) is 11.5 Å². The first kappa shape index (κ1) is 26.5. The van der Waals surface area contributed by atoms with Crippen LogP contribution in [-0.2, 0) is 16.1 Å². The summed E-state index contributed by atoms with van der Waals surface area (Å²) < 4.78 is 0. The number of rotatable bonds is 6. The molecule has 0 spiro atoms. The standard InChI is InChI=1S/C27H32ClN7O2/c28-22-9-11-23(12-10-22)31-27(30-20-29)32-24-8-4-5-13-35(26(24)37)19-25(36)34-16-14-33(15-17-34)18-21-6-2-1-3-7-21/h1-3,6-7,9-12,24H,4-5,8,13-19H2,(H2,30,31,32). The summed E-state index contributed by atoms with van der Waals surface area (Å²) in [7, 11) is 0. The number of nitriles is 1. The molecule has 9 nitrogen and oxygen atoms in total. The van der Waals surface area contributed by atoms with Gasteiger partial charge in [0.15, 0.2) is 6.19 Å². The number of aliphatic imine (C=N–C) groups is 1. The Morgan fingerprint density at radius 2 is 1.76 bits per heavy atom. The lowest BCUT2D eigenvalue weighted by atomic mass is 10.1. The van der Waals surface area contributed by atoms with Crippen LogP contribution in [0.3, 0.4) is 0 Å². The van der Waals surface area contributed by atoms with E-state index >= 15 is 0 Å². The first-order valence-corrected chi connectivity index (χ1v) is 13.0. The minimum Gasteiger partial charge on any atom is -0.339 e. The molecule has 2 aromatic carbocycles. The molecule has 194 valence electrons. The lowest BCUT2D eigenvalue weighted by Crippen LogP contribution is -2.52. The summed E-state index contributed by atoms with van der Waals surface area (Å²) in [5, 5.41) is 15.3. The Balaban J connectivity index is 1.34. The zero-order chi connectivity index (χ0) is 26.0. The average Bonchev–Trinajstić information content (AvgIpc) is 3.07. The van der Waals surface area contributed by atoms with Crippen molar-refractivity contribution in [2.24, 2.45) is 4.99 Å². The molecule has 2 aliphatic heterocycles. The van der Waals surface area contributed by atoms with Crippen molar-refractivity contribution < 1.29 is 9.59 Å². The molecule has 2 N–H and O–H groups in total. The maximum atomic E-state index is 13.3. The Kier molecular flexibility index (Phi) is 9.35. The lowest BCUT2D eigenvalue weighted by molar-refractivity contribution is -0.141. The lowest BCUT2D eigenvalue weighted by Gasteiger charge is -2.36. The minimum absolute atomic E-state index is 0.0352. The number of halogens is 1. The normalized spacial score (nSPS) is 19.2. The molecule has 10 heteroatoms. The van der Waals surface area contributed by atoms with Gasteiger partial charge >= 0.3 is 0 Å². The summed E-state index contributed by atoms with van der Waals surface area (Å²) in [5.41, 5.74) is 1.95. The Hall–Kier alpha value is -3.61. The quantitative estimate of drug-likeness (QED) is 0.262. The number of benzene rings is 2. The van der Waals surface area contributed by atoms with Crippen molar-refractivity contribution in [2.45, 2.75) is 31.8 Å². The van der Waals surface area contributed by atoms with Crippen LogP contribution in [0.2, 0.25) is 5.02 Å². The monoisotopic (exact) mass is 521 g/mol. The van der Waals surface area contributed by atoms with E-state index in [2.05, 4.69) is 32.7 Å². The van der Waals surface area contributed by atoms with E-state index in [0.717, 1.165) is 32.5 Å². The molecule has 2 saturated heterocycles. The van der Waals surface area contributed by atoms with Crippen LogP contribution < -0.4 is 10.6 Å². The van der Waals surface area contributed by atoms with Gasteiger partial charge in [-0.15, -0.1) is 0 Å². The fourth-order valence-electron chi connectivity index (χ4n) is 4.60. The van der Waals surface area contributed by atoms with E-state index in [4.69, 9.17) is 11.6 Å². The van der Waals surface area contributed by atoms with Gasteiger partial charge < -0.3 is 15.1 Å². The number of piperazine rings is 1. The molecular formula is C27H32ClN7O2. The van der Waals surface area contributed by atoms with E-state index in [-0.39, 0.29) is 24.3 Å². The molecular weight excluding hydrogens is 490 g/mol. The maximum absolute atomic E-state index is 13.3. The van der Waals surface area contributed by atoms with Crippen LogP contribution in [0.1, 0.15) is 24.8 Å². The molecule has 0 bridgehead atoms. The first-order valence-electron chi connectivity index (χ1n) is 12.6. The second-order valence-electron chi connectivity index (χ2n) is 9.26. The number of anilines is 1. The highest BCUT2D eigenvalue weighted by Crippen LogP contribution is 2.18. The number of amides is 2. The molecule has 2 fully saturated rings. The number of nitrogens with zero attached hydrogens (tertiary/aromatic N) is 5. The van der Waals surface area contributed by atoms with E-state index < -0.39 is 6.04 Å². The fraction of sp³-hybridized carbons (Fsp3) is 0.407. The van der Waals surface area contributed by atoms with Gasteiger partial charge in [0.1, 0.15) is 6.04 Å². The highest BCUT2D eigenvalue weighted by atomic mass is 35.5. The molecule has 37 heavy (non-hydrogen) atoms. The van der Waals surface area contributed by atoms with Crippen molar-refractivity contribution in [3.63, 3.8) is 0 Å². The second kappa shape index (κ2) is 13.1. The van der Waals surface area contributed by atoms with Gasteiger partial charge in [0, 0.05) is 50.0 Å². The van der Waals surface area contributed by atoms with E-state index in [9.17, 15) is 14.9 Å². The Morgan fingerprint density at radius 1 is 1.03 bits per heavy atom. The van der Waals surface area contributed by atoms with Gasteiger partial charge in [-0.05, 0) is 49.1 Å². The highest BCUT2D eigenvalue weighted by Gasteiger charge is 2.30. The minimum atomic E-state index is -0.673. The smallest absolute Gasteiger partial charge is 0.247 e. The molecule has 0 saturated carbocycles. The number of likely N-dealkylation sites (tertiary alicyclic amines) is 1. The largest absolute Gasteiger partial charge is 0.339 e. The Morgan fingerprint density at radius 3 is 2.46 bits per heavy atom. The molecule has 2 heterocycles. The molecule has 2 amide bonds. The number of nitrogens with one attached hydrogen (secondary N) is 2. The molecule has 0 aliphatic carbocycles. The molecule has 4 rings (SSSR count). The zero-order valence-corrected chi connectivity index (χ0v) is 21.5. The van der Waals surface area contributed by atoms with Crippen LogP contribution in [0.25, 0.3) is 0 Å². The van der Waals surface area contributed by atoms with Gasteiger partial charge in [0.2, 0.25) is 17.8 Å². The van der Waals surface area contributed by atoms with Crippen molar-refractivity contribution in [3.05, 3.63) is 65.2 Å². The summed E-state index contributed by atoms with van der Waals surface area (Å²) in [6.07, 6.45) is 4.04. The summed E-state index contributed by atoms with van der Waals surface area (Å²) in [6.45, 7) is 4.36. The van der Waals surface area contributed by atoms with Gasteiger partial charge in [-0.25, -0.2) is 4.99 Å². The summed E-state index contributed by atoms with van der Waals surface area (Å²) in [6, 6.07) is 16.6. The van der Waals surface area contributed by atoms with Gasteiger partial charge in [-0.2, -0.15) is 5.26 Å². The van der Waals surface area contributed by atoms with Crippen LogP contribution in [-0.4, -0.2) is 77.8 Å². The summed E-state index contributed by atoms with van der Waals surface area (Å²) in [5.74, 6) is -0.0402. The van der Waals surface area contributed by atoms with Gasteiger partial charge in [-0.1, -0.05) is 41.9 Å². The van der Waals surface area contributed by atoms with Crippen molar-refractivity contribution >= 4 is 35.1 Å². The van der Waals surface area contributed by atoms with Crippen molar-refractivity contribution in [3.8, 4) is 6.19 Å². The van der Waals surface area contributed by atoms with Crippen molar-refractivity contribution in [1.82, 2.24) is 20.0 Å². The highest BCUT2D eigenvalue weighted by molar-refractivity contribution is 6.30. The van der Waals surface area contributed by atoms with E-state index in [1.54, 1.807) is 29.2 Å². The number of carbonyl (C=O) groups is 2. The van der Waals surface area contributed by atoms with Crippen molar-refractivity contribution in [2.75, 3.05) is 44.6 Å². The van der Waals surface area contributed by atoms with Crippen LogP contribution in [0.4, 0.5) is 5.69 Å². The summed E-state index contributed by atoms with van der Waals surface area (Å²) in [4.78, 5) is 36.8. The van der Waals surface area contributed by atoms with E-state index in [1.807, 2.05) is 29.3 Å². The number of carbonyl (C=O) groups excluding carboxylic acids is 2. The average molecular weight is 522 g/mol. The SMILES string of the molecule is N#CNC(=NC1CCCCN(CC(=O)N2CCN(Cc3ccccc3)CC2)C1=O)Nc1ccc(Cl)cc1. The predicted octanol–water partition coefficient (Wildman–Crippen LogP) is 2.90. The maximum Gasteiger partial charge on any atom is 0.247 e. The van der Waals surface area contributed by atoms with Crippen molar-refractivity contribution in [1.29, 1.82) is 5.26 Å². The third-order valence-corrected chi connectivity index (χ3v) is 6.87.